The van der Waals surface area contributed by atoms with E-state index in [1.807, 2.05) is 0 Å². The zero-order valence-electron chi connectivity index (χ0n) is 22.6. The average molecular weight is 621 g/mol. The number of hydrogen-bond donors (Lipinski definition) is 2. The Bertz CT molecular complexity index is 1530. The molecule has 8 nitrogen and oxygen atoms in total. The number of carbonyl (C=O) groups excluding carboxylic acids is 1. The first kappa shape index (κ1) is 30.3. The van der Waals surface area contributed by atoms with Crippen LogP contribution in [0.2, 0.25) is 10.0 Å². The van der Waals surface area contributed by atoms with Crippen molar-refractivity contribution in [1.29, 1.82) is 0 Å². The van der Waals surface area contributed by atoms with Gasteiger partial charge in [-0.2, -0.15) is 0 Å². The number of fused-ring (bicyclic) bond motifs is 1. The van der Waals surface area contributed by atoms with E-state index in [2.05, 4.69) is 4.98 Å². The van der Waals surface area contributed by atoms with Gasteiger partial charge in [0.25, 0.3) is 5.91 Å². The molecule has 1 fully saturated rings. The highest BCUT2D eigenvalue weighted by Gasteiger charge is 2.53. The number of aromatic nitrogens is 1. The maximum Gasteiger partial charge on any atom is 0.337 e. The van der Waals surface area contributed by atoms with Gasteiger partial charge in [-0.05, 0) is 47.9 Å². The Morgan fingerprint density at radius 3 is 2.62 bits per heavy atom. The van der Waals surface area contributed by atoms with E-state index in [9.17, 15) is 19.8 Å². The Balaban J connectivity index is 1.58. The van der Waals surface area contributed by atoms with Gasteiger partial charge in [0.15, 0.2) is 6.23 Å². The molecule has 1 saturated heterocycles. The zero-order valence-corrected chi connectivity index (χ0v) is 24.1. The Hall–Kier alpha value is -3.15. The molecule has 3 aromatic rings. The van der Waals surface area contributed by atoms with E-state index in [-0.39, 0.29) is 78.6 Å². The number of ether oxygens (including phenoxy) is 2. The van der Waals surface area contributed by atoms with Crippen molar-refractivity contribution in [3.63, 3.8) is 0 Å². The Labute approximate surface area is 250 Å². The largest absolute Gasteiger partial charge is 0.478 e. The number of rotatable bonds is 9. The van der Waals surface area contributed by atoms with Crippen LogP contribution < -0.4 is 0 Å². The van der Waals surface area contributed by atoms with Gasteiger partial charge in [0.1, 0.15) is 17.1 Å². The summed E-state index contributed by atoms with van der Waals surface area (Å²) in [4.78, 5) is 31.0. The number of nitrogens with zero attached hydrogens (tertiary/aromatic N) is 2. The SMILES string of the molecule is CC[C@@](O)(c1cc(F)c2c(c1)C(=O)N(Cc1ncc(Cl)cc1C(=O)O)[C@@H]2OCc1cccc(Cl)c1)C1(F)CCOCC1. The Morgan fingerprint density at radius 2 is 1.95 bits per heavy atom. The molecule has 2 aliphatic heterocycles. The molecule has 2 aromatic carbocycles. The lowest BCUT2D eigenvalue weighted by Gasteiger charge is -2.43. The minimum atomic E-state index is -2.10. The molecule has 2 atom stereocenters. The summed E-state index contributed by atoms with van der Waals surface area (Å²) in [6, 6.07) is 10.3. The predicted octanol–water partition coefficient (Wildman–Crippen LogP) is 6.21. The van der Waals surface area contributed by atoms with Crippen LogP contribution in [-0.4, -0.2) is 50.9 Å². The van der Waals surface area contributed by atoms with E-state index in [4.69, 9.17) is 32.7 Å². The monoisotopic (exact) mass is 620 g/mol. The number of halogens is 4. The van der Waals surface area contributed by atoms with Gasteiger partial charge in [0.2, 0.25) is 0 Å². The number of aliphatic hydroxyl groups is 1. The lowest BCUT2D eigenvalue weighted by molar-refractivity contribution is -0.155. The van der Waals surface area contributed by atoms with Gasteiger partial charge in [-0.15, -0.1) is 0 Å². The van der Waals surface area contributed by atoms with Crippen molar-refractivity contribution in [3.8, 4) is 0 Å². The zero-order chi connectivity index (χ0) is 30.2. The molecule has 2 N–H and O–H groups in total. The minimum absolute atomic E-state index is 0.0000215. The number of benzene rings is 2. The van der Waals surface area contributed by atoms with Gasteiger partial charge in [-0.25, -0.2) is 13.6 Å². The second-order valence-electron chi connectivity index (χ2n) is 10.4. The molecule has 0 unspecified atom stereocenters. The fourth-order valence-corrected chi connectivity index (χ4v) is 6.03. The predicted molar refractivity (Wildman–Crippen MR) is 150 cm³/mol. The maximum absolute atomic E-state index is 16.2. The molecule has 0 saturated carbocycles. The third kappa shape index (κ3) is 5.49. The first-order valence-corrected chi connectivity index (χ1v) is 14.1. The number of pyridine rings is 1. The van der Waals surface area contributed by atoms with Gasteiger partial charge < -0.3 is 24.6 Å². The molecule has 0 bridgehead atoms. The fraction of sp³-hybridized carbons (Fsp3) is 0.367. The summed E-state index contributed by atoms with van der Waals surface area (Å²) in [5.74, 6) is -2.89. The Kier molecular flexibility index (Phi) is 8.55. The molecule has 5 rings (SSSR count). The molecule has 0 spiro atoms. The highest BCUT2D eigenvalue weighted by molar-refractivity contribution is 6.31. The van der Waals surface area contributed by atoms with Gasteiger partial charge in [-0.1, -0.05) is 42.3 Å². The topological polar surface area (TPSA) is 109 Å². The summed E-state index contributed by atoms with van der Waals surface area (Å²) in [7, 11) is 0. The van der Waals surface area contributed by atoms with E-state index in [0.29, 0.717) is 10.6 Å². The van der Waals surface area contributed by atoms with Crippen LogP contribution >= 0.6 is 23.2 Å². The van der Waals surface area contributed by atoms with Gasteiger partial charge >= 0.3 is 5.97 Å². The van der Waals surface area contributed by atoms with E-state index in [1.165, 1.54) is 18.3 Å². The highest BCUT2D eigenvalue weighted by Crippen LogP contribution is 2.48. The summed E-state index contributed by atoms with van der Waals surface area (Å²) in [6.45, 7) is 1.36. The second kappa shape index (κ2) is 11.9. The molecule has 1 aromatic heterocycles. The number of amides is 1. The lowest BCUT2D eigenvalue weighted by Crippen LogP contribution is -2.51. The smallest absolute Gasteiger partial charge is 0.337 e. The molecule has 3 heterocycles. The summed E-state index contributed by atoms with van der Waals surface area (Å²) < 4.78 is 43.5. The number of carboxylic acids is 1. The number of alkyl halides is 1. The van der Waals surface area contributed by atoms with Crippen molar-refractivity contribution >= 4 is 35.1 Å². The van der Waals surface area contributed by atoms with Crippen molar-refractivity contribution in [1.82, 2.24) is 9.88 Å². The van der Waals surface area contributed by atoms with E-state index in [0.717, 1.165) is 11.0 Å². The Morgan fingerprint density at radius 1 is 1.21 bits per heavy atom. The quantitative estimate of drug-likeness (QED) is 0.292. The normalized spacial score (nSPS) is 19.4. The van der Waals surface area contributed by atoms with Gasteiger partial charge in [0.05, 0.1) is 35.0 Å². The van der Waals surface area contributed by atoms with E-state index < -0.39 is 35.2 Å². The summed E-state index contributed by atoms with van der Waals surface area (Å²) in [6.07, 6.45) is -0.321. The average Bonchev–Trinajstić information content (AvgIpc) is 3.23. The summed E-state index contributed by atoms with van der Waals surface area (Å²) in [5, 5.41) is 21.9. The van der Waals surface area contributed by atoms with Crippen molar-refractivity contribution in [2.45, 2.75) is 56.8 Å². The van der Waals surface area contributed by atoms with Crippen LogP contribution in [0.25, 0.3) is 0 Å². The number of hydrogen-bond acceptors (Lipinski definition) is 6. The van der Waals surface area contributed by atoms with E-state index in [1.54, 1.807) is 31.2 Å². The van der Waals surface area contributed by atoms with Crippen LogP contribution in [0.15, 0.2) is 48.7 Å². The van der Waals surface area contributed by atoms with Crippen LogP contribution in [-0.2, 0) is 28.2 Å². The minimum Gasteiger partial charge on any atom is -0.478 e. The second-order valence-corrected chi connectivity index (χ2v) is 11.3. The molecular weight excluding hydrogens is 593 g/mol. The number of carbonyl (C=O) groups is 2. The molecule has 42 heavy (non-hydrogen) atoms. The van der Waals surface area contributed by atoms with Crippen LogP contribution in [0.1, 0.15) is 75.5 Å². The van der Waals surface area contributed by atoms with Crippen LogP contribution in [0.4, 0.5) is 8.78 Å². The van der Waals surface area contributed by atoms with Crippen LogP contribution in [0, 0.1) is 5.82 Å². The maximum atomic E-state index is 16.2. The van der Waals surface area contributed by atoms with E-state index >= 15 is 8.78 Å². The fourth-order valence-electron chi connectivity index (χ4n) is 5.66. The van der Waals surface area contributed by atoms with Gasteiger partial charge in [0, 0.05) is 42.8 Å². The number of carboxylic acid groups (broad SMARTS) is 1. The summed E-state index contributed by atoms with van der Waals surface area (Å²) in [5.41, 5.74) is -4.11. The van der Waals surface area contributed by atoms with Crippen LogP contribution in [0.3, 0.4) is 0 Å². The molecule has 222 valence electrons. The summed E-state index contributed by atoms with van der Waals surface area (Å²) >= 11 is 12.1. The van der Waals surface area contributed by atoms with Crippen molar-refractivity contribution in [3.05, 3.63) is 98.0 Å². The molecule has 0 aliphatic carbocycles. The van der Waals surface area contributed by atoms with Crippen molar-refractivity contribution < 1.29 is 38.1 Å². The van der Waals surface area contributed by atoms with Crippen molar-refractivity contribution in [2.75, 3.05) is 13.2 Å². The standard InChI is InChI=1S/C30H28Cl2F2N2O6/c1-2-30(40,29(34)6-8-41-9-7-29)18-11-22-25(23(33)12-18)27(42-16-17-4-3-5-19(31)10-17)36(26(22)37)15-24-21(28(38)39)13-20(32)14-35-24/h3-5,10-14,27,40H,2,6-9,15-16H2,1H3,(H,38,39)/t27-,30-/m1/s1. The third-order valence-corrected chi connectivity index (χ3v) is 8.39. The molecule has 0 radical (unpaired) electrons. The molecule has 2 aliphatic rings. The highest BCUT2D eigenvalue weighted by atomic mass is 35.5. The first-order chi connectivity index (χ1) is 20.0. The van der Waals surface area contributed by atoms with Gasteiger partial charge in [-0.3, -0.25) is 9.78 Å². The first-order valence-electron chi connectivity index (χ1n) is 13.3. The molecular formula is C30H28Cl2F2N2O6. The third-order valence-electron chi connectivity index (χ3n) is 7.95. The molecule has 1 amide bonds. The lowest BCUT2D eigenvalue weighted by atomic mass is 9.72. The van der Waals surface area contributed by atoms with Crippen molar-refractivity contribution in [2.24, 2.45) is 0 Å². The van der Waals surface area contributed by atoms with Crippen LogP contribution in [0.5, 0.6) is 0 Å². The molecule has 12 heteroatoms. The number of aromatic carboxylic acids is 1.